The van der Waals surface area contributed by atoms with Crippen LogP contribution in [0.3, 0.4) is 0 Å². The normalized spacial score (nSPS) is 11.9. The van der Waals surface area contributed by atoms with Crippen molar-refractivity contribution < 1.29 is 25.9 Å². The fourth-order valence-electron chi connectivity index (χ4n) is 6.72. The quantitative estimate of drug-likeness (QED) is 0.123. The second-order valence-electron chi connectivity index (χ2n) is 14.5. The second-order valence-corrected chi connectivity index (χ2v) is 19.6. The number of hydrogen-bond donors (Lipinski definition) is 0. The molecule has 0 aliphatic rings. The number of benzene rings is 6. The smallest absolute Gasteiger partial charge is 0.120 e. The molecule has 4 nitrogen and oxygen atoms in total. The van der Waals surface area contributed by atoms with Crippen LogP contribution in [0, 0.1) is 12.1 Å². The van der Waals surface area contributed by atoms with Gasteiger partial charge in [-0.3, -0.25) is 4.98 Å². The van der Waals surface area contributed by atoms with E-state index in [0.29, 0.717) is 0 Å². The molecule has 3 heterocycles. The van der Waals surface area contributed by atoms with E-state index in [4.69, 9.17) is 10.8 Å². The third-order valence-corrected chi connectivity index (χ3v) is 11.7. The molecule has 1 radical (unpaired) electrons. The SMILES string of the molecule is [2H]C(C)(C)c1c[c-]c(-c2ccc([Si](C)(C)C)cn2)cc1.[Ir].[c-]1ccc2c(oc3ccccc32)c1-c1nc2ccccc2n1-c1ccccc1-c1ccccc1. The van der Waals surface area contributed by atoms with E-state index in [0.717, 1.165) is 78.0 Å². The van der Waals surface area contributed by atoms with Crippen molar-refractivity contribution in [2.75, 3.05) is 0 Å². The number of rotatable bonds is 6. The Kier molecular flexibility index (Phi) is 10.2. The summed E-state index contributed by atoms with van der Waals surface area (Å²) in [6.07, 6.45) is 2.00. The standard InChI is InChI=1S/C31H19N2O.C17H22NSi.Ir/c1-2-11-21(12-3-1)22-13-4-7-18-27(22)33-28-19-8-6-17-26(28)32-31(33)25-16-10-15-24-23-14-5-9-20-29(23)34-30(24)25;1-13(2)14-6-8-15(9-7-14)17-11-10-16(12-18-17)19(3,4)5;/h1-15,17-20H;6-8,10-13H,1-5H3;/q2*-1;/i;13D;. The van der Waals surface area contributed by atoms with Gasteiger partial charge >= 0.3 is 0 Å². The Hall–Kier alpha value is -5.39. The van der Waals surface area contributed by atoms with Crippen LogP contribution >= 0.6 is 0 Å². The zero-order valence-corrected chi connectivity index (χ0v) is 34.4. The average molecular weight is 897 g/mol. The molecule has 0 N–H and O–H groups in total. The first-order chi connectivity index (χ1) is 26.1. The zero-order valence-electron chi connectivity index (χ0n) is 32.0. The van der Waals surface area contributed by atoms with Crippen molar-refractivity contribution in [3.05, 3.63) is 169 Å². The van der Waals surface area contributed by atoms with Gasteiger partial charge in [0.25, 0.3) is 0 Å². The average Bonchev–Trinajstić information content (AvgIpc) is 3.77. The molecule has 269 valence electrons. The van der Waals surface area contributed by atoms with Crippen molar-refractivity contribution in [3.63, 3.8) is 0 Å². The summed E-state index contributed by atoms with van der Waals surface area (Å²) in [4.78, 5) is 9.65. The van der Waals surface area contributed by atoms with E-state index >= 15 is 0 Å². The van der Waals surface area contributed by atoms with Gasteiger partial charge in [-0.15, -0.1) is 53.6 Å². The first-order valence-corrected chi connectivity index (χ1v) is 21.5. The van der Waals surface area contributed by atoms with Crippen molar-refractivity contribution in [3.8, 4) is 39.5 Å². The largest absolute Gasteiger partial charge is 0.501 e. The van der Waals surface area contributed by atoms with Crippen LogP contribution in [0.4, 0.5) is 0 Å². The fraction of sp³-hybridized carbons (Fsp3) is 0.125. The molecule has 3 aromatic heterocycles. The van der Waals surface area contributed by atoms with Crippen LogP contribution in [0.15, 0.2) is 156 Å². The summed E-state index contributed by atoms with van der Waals surface area (Å²) >= 11 is 0. The zero-order chi connectivity index (χ0) is 37.5. The number of hydrogen-bond acceptors (Lipinski definition) is 3. The molecule has 54 heavy (non-hydrogen) atoms. The Morgan fingerprint density at radius 2 is 1.48 bits per heavy atom. The number of furan rings is 1. The summed E-state index contributed by atoms with van der Waals surface area (Å²) < 4.78 is 16.6. The van der Waals surface area contributed by atoms with Crippen LogP contribution in [0.2, 0.25) is 19.6 Å². The summed E-state index contributed by atoms with van der Waals surface area (Å²) in [7, 11) is -1.29. The van der Waals surface area contributed by atoms with E-state index < -0.39 is 14.0 Å². The molecule has 6 aromatic carbocycles. The fourth-order valence-corrected chi connectivity index (χ4v) is 7.75. The Morgan fingerprint density at radius 3 is 2.22 bits per heavy atom. The van der Waals surface area contributed by atoms with Crippen LogP contribution < -0.4 is 5.19 Å². The van der Waals surface area contributed by atoms with E-state index in [1.807, 2.05) is 74.6 Å². The topological polar surface area (TPSA) is 43.9 Å². The minimum Gasteiger partial charge on any atom is -0.501 e. The number of aromatic nitrogens is 3. The second kappa shape index (κ2) is 15.5. The van der Waals surface area contributed by atoms with Crippen LogP contribution in [0.5, 0.6) is 0 Å². The molecular weight excluding hydrogens is 855 g/mol. The van der Waals surface area contributed by atoms with Crippen LogP contribution in [0.25, 0.3) is 72.4 Å². The van der Waals surface area contributed by atoms with Gasteiger partial charge in [0.1, 0.15) is 5.58 Å². The first kappa shape index (κ1) is 35.6. The Labute approximate surface area is 333 Å². The third-order valence-electron chi connectivity index (χ3n) is 9.65. The minimum absolute atomic E-state index is 0. The summed E-state index contributed by atoms with van der Waals surface area (Å²) in [5, 5.41) is 3.53. The molecule has 0 atom stereocenters. The maximum Gasteiger partial charge on any atom is 0.120 e. The van der Waals surface area contributed by atoms with E-state index in [-0.39, 0.29) is 20.1 Å². The maximum atomic E-state index is 8.01. The summed E-state index contributed by atoms with van der Waals surface area (Å²) in [6.45, 7) is 10.7. The Morgan fingerprint density at radius 1 is 0.741 bits per heavy atom. The predicted molar refractivity (Wildman–Crippen MR) is 224 cm³/mol. The Balaban J connectivity index is 0.000000191. The first-order valence-electron chi connectivity index (χ1n) is 18.5. The third kappa shape index (κ3) is 7.25. The van der Waals surface area contributed by atoms with Crippen molar-refractivity contribution >= 4 is 46.2 Å². The van der Waals surface area contributed by atoms with Gasteiger partial charge in [-0.1, -0.05) is 141 Å². The van der Waals surface area contributed by atoms with Gasteiger partial charge in [-0.2, -0.15) is 0 Å². The van der Waals surface area contributed by atoms with Crippen molar-refractivity contribution in [2.45, 2.75) is 39.4 Å². The molecular formula is C48H41IrN3OSi-2. The molecule has 0 fully saturated rings. The number of para-hydroxylation sites is 4. The van der Waals surface area contributed by atoms with Crippen molar-refractivity contribution in [1.82, 2.24) is 14.5 Å². The van der Waals surface area contributed by atoms with Gasteiger partial charge in [-0.25, -0.2) is 0 Å². The molecule has 9 rings (SSSR count). The van der Waals surface area contributed by atoms with Gasteiger partial charge in [0.15, 0.2) is 0 Å². The molecule has 0 unspecified atom stereocenters. The van der Waals surface area contributed by atoms with Crippen molar-refractivity contribution in [2.24, 2.45) is 0 Å². The number of pyridine rings is 1. The van der Waals surface area contributed by atoms with E-state index in [1.165, 1.54) is 5.19 Å². The molecule has 0 saturated carbocycles. The summed E-state index contributed by atoms with van der Waals surface area (Å²) in [6, 6.07) is 56.2. The molecule has 0 aliphatic carbocycles. The molecule has 0 spiro atoms. The maximum absolute atomic E-state index is 8.01. The van der Waals surface area contributed by atoms with E-state index in [2.05, 4.69) is 132 Å². The van der Waals surface area contributed by atoms with Gasteiger partial charge in [-0.05, 0) is 40.7 Å². The van der Waals surface area contributed by atoms with Gasteiger partial charge in [0, 0.05) is 44.3 Å². The molecule has 0 aliphatic heterocycles. The van der Waals surface area contributed by atoms with Gasteiger partial charge < -0.3 is 14.0 Å². The molecule has 6 heteroatoms. The number of fused-ring (bicyclic) bond motifs is 4. The van der Waals surface area contributed by atoms with Crippen LogP contribution in [0.1, 0.15) is 26.7 Å². The van der Waals surface area contributed by atoms with E-state index in [9.17, 15) is 0 Å². The number of nitrogens with zero attached hydrogens (tertiary/aromatic N) is 3. The van der Waals surface area contributed by atoms with Gasteiger partial charge in [0.2, 0.25) is 0 Å². The predicted octanol–water partition coefficient (Wildman–Crippen LogP) is 12.3. The van der Waals surface area contributed by atoms with E-state index in [1.54, 1.807) is 0 Å². The number of imidazole rings is 1. The van der Waals surface area contributed by atoms with Gasteiger partial charge in [0.05, 0.1) is 30.5 Å². The monoisotopic (exact) mass is 897 g/mol. The summed E-state index contributed by atoms with van der Waals surface area (Å²) in [5.41, 5.74) is 10.8. The molecule has 0 saturated heterocycles. The van der Waals surface area contributed by atoms with Crippen LogP contribution in [-0.2, 0) is 20.1 Å². The Bertz CT molecular complexity index is 2670. The van der Waals surface area contributed by atoms with Crippen molar-refractivity contribution in [1.29, 1.82) is 0 Å². The molecule has 0 amide bonds. The molecule has 0 bridgehead atoms. The molecule has 9 aromatic rings. The minimum atomic E-state index is -1.29. The summed E-state index contributed by atoms with van der Waals surface area (Å²) in [5.74, 6) is 0.235. The van der Waals surface area contributed by atoms with Crippen LogP contribution in [-0.4, -0.2) is 22.6 Å².